The predicted molar refractivity (Wildman–Crippen MR) is 78.6 cm³/mol. The number of hydrogen-bond acceptors (Lipinski definition) is 3. The van der Waals surface area contributed by atoms with Gasteiger partial charge in [0.05, 0.1) is 11.7 Å². The molecule has 0 unspecified atom stereocenters. The lowest BCUT2D eigenvalue weighted by Gasteiger charge is -2.27. The fraction of sp³-hybridized carbons (Fsp3) is 0.357. The van der Waals surface area contributed by atoms with Crippen LogP contribution in [0.1, 0.15) is 6.42 Å². The van der Waals surface area contributed by atoms with Gasteiger partial charge in [0.1, 0.15) is 5.82 Å². The van der Waals surface area contributed by atoms with Gasteiger partial charge in [-0.1, -0.05) is 6.07 Å². The first-order chi connectivity index (χ1) is 8.75. The highest BCUT2D eigenvalue weighted by molar-refractivity contribution is 5.91. The summed E-state index contributed by atoms with van der Waals surface area (Å²) in [4.78, 5) is 6.36. The van der Waals surface area contributed by atoms with Crippen molar-refractivity contribution in [1.29, 1.82) is 0 Å². The number of aromatic nitrogens is 1. The van der Waals surface area contributed by atoms with E-state index in [4.69, 9.17) is 0 Å². The molecule has 5 heteroatoms. The Morgan fingerprint density at radius 2 is 2.26 bits per heavy atom. The molecule has 19 heavy (non-hydrogen) atoms. The molecular formula is C14H17ClFN3. The van der Waals surface area contributed by atoms with E-state index in [1.54, 1.807) is 6.07 Å². The van der Waals surface area contributed by atoms with Crippen molar-refractivity contribution < 1.29 is 4.39 Å². The molecule has 1 aliphatic heterocycles. The van der Waals surface area contributed by atoms with Gasteiger partial charge in [-0.25, -0.2) is 4.39 Å². The molecule has 0 bridgehead atoms. The molecule has 0 radical (unpaired) electrons. The lowest BCUT2D eigenvalue weighted by Crippen LogP contribution is -2.33. The van der Waals surface area contributed by atoms with Crippen LogP contribution in [-0.2, 0) is 0 Å². The summed E-state index contributed by atoms with van der Waals surface area (Å²) in [6.07, 6.45) is 2.39. The Bertz CT molecular complexity index is 570. The molecule has 1 saturated heterocycles. The second-order valence-electron chi connectivity index (χ2n) is 4.75. The third kappa shape index (κ3) is 2.65. The van der Waals surface area contributed by atoms with Crippen LogP contribution < -0.4 is 10.2 Å². The number of nitrogens with zero attached hydrogens (tertiary/aromatic N) is 2. The molecule has 1 aliphatic rings. The Hall–Kier alpha value is -1.39. The summed E-state index contributed by atoms with van der Waals surface area (Å²) in [5.41, 5.74) is 1.89. The second-order valence-corrected chi connectivity index (χ2v) is 4.75. The highest BCUT2D eigenvalue weighted by atomic mass is 35.5. The van der Waals surface area contributed by atoms with Gasteiger partial charge in [-0.2, -0.15) is 0 Å². The number of rotatable bonds is 2. The standard InChI is InChI=1S/C14H16FN3.ClH/c1-18(11-5-6-16-9-11)14-4-2-3-13-12(14)7-10(15)8-17-13;/h2-4,7-8,11,16H,5-6,9H2,1H3;1H/t11-;/m0./s1. The number of likely N-dealkylation sites (N-methyl/N-ethyl adjacent to an activating group) is 1. The van der Waals surface area contributed by atoms with E-state index in [0.29, 0.717) is 6.04 Å². The van der Waals surface area contributed by atoms with E-state index in [2.05, 4.69) is 22.2 Å². The van der Waals surface area contributed by atoms with Gasteiger partial charge in [0.25, 0.3) is 0 Å². The summed E-state index contributed by atoms with van der Waals surface area (Å²) in [7, 11) is 2.07. The first-order valence-electron chi connectivity index (χ1n) is 6.23. The van der Waals surface area contributed by atoms with Crippen molar-refractivity contribution in [2.45, 2.75) is 12.5 Å². The van der Waals surface area contributed by atoms with Crippen LogP contribution >= 0.6 is 12.4 Å². The molecule has 0 amide bonds. The van der Waals surface area contributed by atoms with Crippen molar-refractivity contribution in [3.63, 3.8) is 0 Å². The molecule has 102 valence electrons. The zero-order chi connectivity index (χ0) is 12.5. The first kappa shape index (κ1) is 14.0. The van der Waals surface area contributed by atoms with E-state index in [0.717, 1.165) is 36.1 Å². The van der Waals surface area contributed by atoms with Crippen molar-refractivity contribution in [3.05, 3.63) is 36.3 Å². The molecule has 1 N–H and O–H groups in total. The molecule has 1 fully saturated rings. The van der Waals surface area contributed by atoms with Crippen molar-refractivity contribution in [2.75, 3.05) is 25.0 Å². The smallest absolute Gasteiger partial charge is 0.142 e. The maximum atomic E-state index is 13.4. The average molecular weight is 282 g/mol. The minimum absolute atomic E-state index is 0. The molecular weight excluding hydrogens is 265 g/mol. The van der Waals surface area contributed by atoms with Crippen LogP contribution in [0, 0.1) is 5.82 Å². The second kappa shape index (κ2) is 5.72. The Kier molecular flexibility index (Phi) is 4.22. The van der Waals surface area contributed by atoms with Crippen LogP contribution in [0.2, 0.25) is 0 Å². The summed E-state index contributed by atoms with van der Waals surface area (Å²) < 4.78 is 13.4. The summed E-state index contributed by atoms with van der Waals surface area (Å²) >= 11 is 0. The number of pyridine rings is 1. The summed E-state index contributed by atoms with van der Waals surface area (Å²) in [5.74, 6) is -0.284. The molecule has 0 spiro atoms. The summed E-state index contributed by atoms with van der Waals surface area (Å²) in [6, 6.07) is 7.96. The van der Waals surface area contributed by atoms with Gasteiger partial charge >= 0.3 is 0 Å². The quantitative estimate of drug-likeness (QED) is 0.917. The third-order valence-corrected chi connectivity index (χ3v) is 3.63. The van der Waals surface area contributed by atoms with Crippen LogP contribution in [0.3, 0.4) is 0 Å². The summed E-state index contributed by atoms with van der Waals surface area (Å²) in [6.45, 7) is 2.03. The molecule has 1 aromatic carbocycles. The zero-order valence-corrected chi connectivity index (χ0v) is 11.6. The third-order valence-electron chi connectivity index (χ3n) is 3.63. The monoisotopic (exact) mass is 281 g/mol. The van der Waals surface area contributed by atoms with Gasteiger partial charge in [0, 0.05) is 30.7 Å². The van der Waals surface area contributed by atoms with Crippen LogP contribution in [0.25, 0.3) is 10.9 Å². The highest BCUT2D eigenvalue weighted by Gasteiger charge is 2.20. The van der Waals surface area contributed by atoms with E-state index in [-0.39, 0.29) is 18.2 Å². The van der Waals surface area contributed by atoms with Crippen LogP contribution in [0.15, 0.2) is 30.5 Å². The molecule has 2 heterocycles. The fourth-order valence-corrected chi connectivity index (χ4v) is 2.58. The van der Waals surface area contributed by atoms with Gasteiger partial charge in [0.2, 0.25) is 0 Å². The lowest BCUT2D eigenvalue weighted by molar-refractivity contribution is 0.624. The number of benzene rings is 1. The molecule has 1 aromatic heterocycles. The predicted octanol–water partition coefficient (Wildman–Crippen LogP) is 2.59. The SMILES string of the molecule is CN(c1cccc2ncc(F)cc12)[C@H]1CCNC1.Cl. The van der Waals surface area contributed by atoms with E-state index in [9.17, 15) is 4.39 Å². The number of halogens is 2. The van der Waals surface area contributed by atoms with Crippen LogP contribution in [-0.4, -0.2) is 31.2 Å². The molecule has 3 rings (SSSR count). The van der Waals surface area contributed by atoms with Gasteiger partial charge in [0.15, 0.2) is 0 Å². The van der Waals surface area contributed by atoms with E-state index in [1.165, 1.54) is 6.20 Å². The molecule has 0 saturated carbocycles. The van der Waals surface area contributed by atoms with Crippen LogP contribution in [0.5, 0.6) is 0 Å². The Balaban J connectivity index is 0.00000133. The molecule has 2 aromatic rings. The minimum atomic E-state index is -0.284. The Labute approximate surface area is 118 Å². The topological polar surface area (TPSA) is 28.2 Å². The molecule has 3 nitrogen and oxygen atoms in total. The number of nitrogens with one attached hydrogen (secondary N) is 1. The van der Waals surface area contributed by atoms with E-state index in [1.807, 2.05) is 18.2 Å². The normalized spacial score (nSPS) is 18.3. The minimum Gasteiger partial charge on any atom is -0.370 e. The largest absolute Gasteiger partial charge is 0.370 e. The van der Waals surface area contributed by atoms with Gasteiger partial charge in [-0.15, -0.1) is 12.4 Å². The average Bonchev–Trinajstić information content (AvgIpc) is 2.91. The Morgan fingerprint density at radius 3 is 3.00 bits per heavy atom. The number of anilines is 1. The molecule has 1 atom stereocenters. The maximum absolute atomic E-state index is 13.4. The number of fused-ring (bicyclic) bond motifs is 1. The van der Waals surface area contributed by atoms with Gasteiger partial charge in [-0.05, 0) is 31.2 Å². The zero-order valence-electron chi connectivity index (χ0n) is 10.8. The van der Waals surface area contributed by atoms with Gasteiger partial charge in [-0.3, -0.25) is 4.98 Å². The van der Waals surface area contributed by atoms with Crippen LogP contribution in [0.4, 0.5) is 10.1 Å². The maximum Gasteiger partial charge on any atom is 0.142 e. The van der Waals surface area contributed by atoms with Crippen molar-refractivity contribution in [1.82, 2.24) is 10.3 Å². The van der Waals surface area contributed by atoms with E-state index >= 15 is 0 Å². The highest BCUT2D eigenvalue weighted by Crippen LogP contribution is 2.27. The Morgan fingerprint density at radius 1 is 1.42 bits per heavy atom. The van der Waals surface area contributed by atoms with Crippen molar-refractivity contribution in [2.24, 2.45) is 0 Å². The van der Waals surface area contributed by atoms with Gasteiger partial charge < -0.3 is 10.2 Å². The number of hydrogen-bond donors (Lipinski definition) is 1. The fourth-order valence-electron chi connectivity index (χ4n) is 2.58. The summed E-state index contributed by atoms with van der Waals surface area (Å²) in [5, 5.41) is 4.23. The van der Waals surface area contributed by atoms with E-state index < -0.39 is 0 Å². The first-order valence-corrected chi connectivity index (χ1v) is 6.23. The lowest BCUT2D eigenvalue weighted by atomic mass is 10.1. The molecule has 0 aliphatic carbocycles. The van der Waals surface area contributed by atoms with Crippen molar-refractivity contribution in [3.8, 4) is 0 Å². The van der Waals surface area contributed by atoms with Crippen molar-refractivity contribution >= 4 is 29.0 Å².